The molecule has 1 aliphatic carbocycles. The molecule has 1 aliphatic rings. The molecule has 5 heteroatoms. The highest BCUT2D eigenvalue weighted by atomic mass is 31.2. The number of hydrogen-bond acceptors (Lipinski definition) is 3. The maximum atomic E-state index is 12.0. The van der Waals surface area contributed by atoms with Crippen molar-refractivity contribution in [1.82, 2.24) is 0 Å². The van der Waals surface area contributed by atoms with Gasteiger partial charge in [-0.25, -0.2) is 4.57 Å². The first-order valence-corrected chi connectivity index (χ1v) is 8.23. The summed E-state index contributed by atoms with van der Waals surface area (Å²) in [5, 5.41) is 0. The van der Waals surface area contributed by atoms with Crippen LogP contribution >= 0.6 is 7.82 Å². The molecule has 1 fully saturated rings. The Morgan fingerprint density at radius 3 is 2.26 bits per heavy atom. The zero-order valence-electron chi connectivity index (χ0n) is 11.5. The monoisotopic (exact) mass is 284 g/mol. The summed E-state index contributed by atoms with van der Waals surface area (Å²) >= 11 is 0. The first-order chi connectivity index (χ1) is 8.94. The summed E-state index contributed by atoms with van der Waals surface area (Å²) in [7, 11) is -4.02. The Morgan fingerprint density at radius 1 is 1.11 bits per heavy atom. The van der Waals surface area contributed by atoms with Gasteiger partial charge in [0.15, 0.2) is 0 Å². The molecule has 2 rings (SSSR count). The van der Waals surface area contributed by atoms with Gasteiger partial charge in [0.25, 0.3) is 0 Å². The quantitative estimate of drug-likeness (QED) is 0.844. The summed E-state index contributed by atoms with van der Waals surface area (Å²) in [4.78, 5) is 9.81. The molecule has 1 aromatic carbocycles. The van der Waals surface area contributed by atoms with Crippen LogP contribution in [0.25, 0.3) is 0 Å². The van der Waals surface area contributed by atoms with E-state index in [0.29, 0.717) is 5.75 Å². The predicted molar refractivity (Wildman–Crippen MR) is 74.3 cm³/mol. The third-order valence-electron chi connectivity index (χ3n) is 3.25. The van der Waals surface area contributed by atoms with Gasteiger partial charge in [-0.15, -0.1) is 0 Å². The molecular weight excluding hydrogens is 263 g/mol. The van der Waals surface area contributed by atoms with Crippen LogP contribution in [0.5, 0.6) is 5.75 Å². The average Bonchev–Trinajstić information content (AvgIpc) is 2.27. The summed E-state index contributed by atoms with van der Waals surface area (Å²) in [6.45, 7) is 3.84. The van der Waals surface area contributed by atoms with Crippen molar-refractivity contribution in [3.05, 3.63) is 29.3 Å². The normalized spacial score (nSPS) is 19.9. The zero-order chi connectivity index (χ0) is 13.9. The Labute approximate surface area is 114 Å². The lowest BCUT2D eigenvalue weighted by atomic mass is 9.98. The number of hydrogen-bond donors (Lipinski definition) is 1. The van der Waals surface area contributed by atoms with Crippen LogP contribution in [0, 0.1) is 13.8 Å². The van der Waals surface area contributed by atoms with Crippen molar-refractivity contribution in [1.29, 1.82) is 0 Å². The molecule has 0 radical (unpaired) electrons. The number of benzene rings is 1. The number of phosphoric ester groups is 1. The molecule has 1 N–H and O–H groups in total. The van der Waals surface area contributed by atoms with Gasteiger partial charge in [-0.1, -0.05) is 25.3 Å². The lowest BCUT2D eigenvalue weighted by molar-refractivity contribution is 0.108. The molecule has 1 atom stereocenters. The highest BCUT2D eigenvalue weighted by Gasteiger charge is 2.29. The van der Waals surface area contributed by atoms with Crippen LogP contribution in [0.2, 0.25) is 0 Å². The lowest BCUT2D eigenvalue weighted by Gasteiger charge is -2.24. The van der Waals surface area contributed by atoms with Crippen LogP contribution in [0.4, 0.5) is 0 Å². The van der Waals surface area contributed by atoms with Gasteiger partial charge in [-0.2, -0.15) is 0 Å². The zero-order valence-corrected chi connectivity index (χ0v) is 12.4. The second kappa shape index (κ2) is 6.08. The molecule has 19 heavy (non-hydrogen) atoms. The second-order valence-electron chi connectivity index (χ2n) is 5.25. The topological polar surface area (TPSA) is 55.8 Å². The van der Waals surface area contributed by atoms with E-state index in [1.165, 1.54) is 6.42 Å². The van der Waals surface area contributed by atoms with Gasteiger partial charge < -0.3 is 4.52 Å². The maximum absolute atomic E-state index is 12.0. The Bertz CT molecular complexity index is 460. The number of phosphoric acid groups is 1. The molecular formula is C14H21O4P. The van der Waals surface area contributed by atoms with Crippen LogP contribution in [0.3, 0.4) is 0 Å². The van der Waals surface area contributed by atoms with E-state index in [-0.39, 0.29) is 6.10 Å². The molecule has 0 amide bonds. The maximum Gasteiger partial charge on any atom is 0.527 e. The highest BCUT2D eigenvalue weighted by molar-refractivity contribution is 7.47. The minimum Gasteiger partial charge on any atom is -0.404 e. The lowest BCUT2D eigenvalue weighted by Crippen LogP contribution is -2.16. The first-order valence-electron chi connectivity index (χ1n) is 6.74. The number of rotatable bonds is 4. The molecule has 0 saturated heterocycles. The molecule has 4 nitrogen and oxygen atoms in total. The van der Waals surface area contributed by atoms with E-state index in [2.05, 4.69) is 0 Å². The van der Waals surface area contributed by atoms with Crippen molar-refractivity contribution < 1.29 is 18.5 Å². The van der Waals surface area contributed by atoms with Crippen molar-refractivity contribution in [3.63, 3.8) is 0 Å². The van der Waals surface area contributed by atoms with Crippen molar-refractivity contribution in [3.8, 4) is 5.75 Å². The molecule has 0 bridgehead atoms. The molecule has 1 aromatic rings. The van der Waals surface area contributed by atoms with Gasteiger partial charge in [0.2, 0.25) is 0 Å². The fraction of sp³-hybridized carbons (Fsp3) is 0.571. The van der Waals surface area contributed by atoms with Gasteiger partial charge >= 0.3 is 7.82 Å². The van der Waals surface area contributed by atoms with E-state index in [9.17, 15) is 9.46 Å². The van der Waals surface area contributed by atoms with Crippen molar-refractivity contribution in [2.24, 2.45) is 0 Å². The molecule has 106 valence electrons. The minimum absolute atomic E-state index is 0.157. The molecule has 0 aliphatic heterocycles. The Balaban J connectivity index is 2.01. The van der Waals surface area contributed by atoms with Crippen LogP contribution in [0.1, 0.15) is 43.2 Å². The van der Waals surface area contributed by atoms with E-state index in [0.717, 1.165) is 36.8 Å². The van der Waals surface area contributed by atoms with Crippen molar-refractivity contribution >= 4 is 7.82 Å². The first kappa shape index (κ1) is 14.6. The smallest absolute Gasteiger partial charge is 0.404 e. The molecule has 0 spiro atoms. The summed E-state index contributed by atoms with van der Waals surface area (Å²) in [5.41, 5.74) is 1.99. The van der Waals surface area contributed by atoms with Gasteiger partial charge in [0.1, 0.15) is 5.75 Å². The van der Waals surface area contributed by atoms with E-state index < -0.39 is 7.82 Å². The Hall–Kier alpha value is -0.830. The third-order valence-corrected chi connectivity index (χ3v) is 4.26. The van der Waals surface area contributed by atoms with Crippen LogP contribution < -0.4 is 4.52 Å². The van der Waals surface area contributed by atoms with Gasteiger partial charge in [-0.3, -0.25) is 9.42 Å². The molecule has 0 heterocycles. The second-order valence-corrected chi connectivity index (χ2v) is 6.58. The van der Waals surface area contributed by atoms with Crippen LogP contribution in [0.15, 0.2) is 18.2 Å². The van der Waals surface area contributed by atoms with E-state index in [1.807, 2.05) is 19.9 Å². The Morgan fingerprint density at radius 2 is 1.68 bits per heavy atom. The standard InChI is InChI=1S/C14H21O4P/c1-11-8-12(2)10-14(9-11)18-19(15,16)17-13-6-4-3-5-7-13/h8-10,13H,3-7H2,1-2H3,(H,15,16). The fourth-order valence-corrected chi connectivity index (χ4v) is 3.50. The van der Waals surface area contributed by atoms with E-state index >= 15 is 0 Å². The SMILES string of the molecule is Cc1cc(C)cc(OP(=O)(O)OC2CCCCC2)c1. The summed E-state index contributed by atoms with van der Waals surface area (Å²) < 4.78 is 22.4. The molecule has 1 saturated carbocycles. The molecule has 0 aromatic heterocycles. The van der Waals surface area contributed by atoms with Gasteiger partial charge in [0, 0.05) is 0 Å². The average molecular weight is 284 g/mol. The van der Waals surface area contributed by atoms with Gasteiger partial charge in [-0.05, 0) is 49.9 Å². The summed E-state index contributed by atoms with van der Waals surface area (Å²) in [5.74, 6) is 0.388. The summed E-state index contributed by atoms with van der Waals surface area (Å²) in [6.07, 6.45) is 4.78. The number of aryl methyl sites for hydroxylation is 2. The summed E-state index contributed by atoms with van der Waals surface area (Å²) in [6, 6.07) is 5.46. The van der Waals surface area contributed by atoms with Crippen LogP contribution in [-0.2, 0) is 9.09 Å². The Kier molecular flexibility index (Phi) is 4.67. The van der Waals surface area contributed by atoms with Crippen molar-refractivity contribution in [2.45, 2.75) is 52.1 Å². The molecule has 1 unspecified atom stereocenters. The van der Waals surface area contributed by atoms with E-state index in [1.54, 1.807) is 12.1 Å². The fourth-order valence-electron chi connectivity index (χ4n) is 2.50. The minimum atomic E-state index is -4.02. The van der Waals surface area contributed by atoms with E-state index in [4.69, 9.17) is 9.05 Å². The predicted octanol–water partition coefficient (Wildman–Crippen LogP) is 4.13. The third kappa shape index (κ3) is 4.64. The highest BCUT2D eigenvalue weighted by Crippen LogP contribution is 2.47. The van der Waals surface area contributed by atoms with Gasteiger partial charge in [0.05, 0.1) is 6.10 Å². The van der Waals surface area contributed by atoms with Crippen molar-refractivity contribution in [2.75, 3.05) is 0 Å². The largest absolute Gasteiger partial charge is 0.527 e. The van der Waals surface area contributed by atoms with Crippen LogP contribution in [-0.4, -0.2) is 11.0 Å².